The van der Waals surface area contributed by atoms with Gasteiger partial charge in [0.15, 0.2) is 0 Å². The van der Waals surface area contributed by atoms with Gasteiger partial charge in [-0.3, -0.25) is 4.79 Å². The molecule has 14 heavy (non-hydrogen) atoms. The summed E-state index contributed by atoms with van der Waals surface area (Å²) in [5.41, 5.74) is 0.844. The quantitative estimate of drug-likeness (QED) is 0.736. The zero-order valence-electron chi connectivity index (χ0n) is 8.37. The molecule has 0 aliphatic rings. The molecule has 1 rings (SSSR count). The fraction of sp³-hybridized carbons (Fsp3) is 0.300. The van der Waals surface area contributed by atoms with Crippen LogP contribution >= 0.6 is 0 Å². The van der Waals surface area contributed by atoms with E-state index in [9.17, 15) is 4.79 Å². The summed E-state index contributed by atoms with van der Waals surface area (Å²) in [7, 11) is 0. The standard InChI is InChI=1S/C10H13N3O/c1-4-8-11-7(3)6-9(12-8)13-10(14)5-2/h5-6H,2,4H2,1,3H3,(H,11,12,13,14). The molecule has 4 heteroatoms. The van der Waals surface area contributed by atoms with Gasteiger partial charge in [-0.1, -0.05) is 13.5 Å². The van der Waals surface area contributed by atoms with Crippen molar-refractivity contribution in [3.05, 3.63) is 30.2 Å². The van der Waals surface area contributed by atoms with E-state index in [1.54, 1.807) is 6.07 Å². The maximum Gasteiger partial charge on any atom is 0.248 e. The predicted octanol–water partition coefficient (Wildman–Crippen LogP) is 1.47. The number of hydrogen-bond acceptors (Lipinski definition) is 3. The van der Waals surface area contributed by atoms with Crippen LogP contribution in [0.1, 0.15) is 18.4 Å². The summed E-state index contributed by atoms with van der Waals surface area (Å²) in [6.45, 7) is 7.20. The van der Waals surface area contributed by atoms with Crippen molar-refractivity contribution >= 4 is 11.7 Å². The number of nitrogens with zero attached hydrogens (tertiary/aromatic N) is 2. The number of aryl methyl sites for hydroxylation is 2. The molecule has 0 aliphatic heterocycles. The zero-order chi connectivity index (χ0) is 10.6. The molecule has 1 N–H and O–H groups in total. The zero-order valence-corrected chi connectivity index (χ0v) is 8.37. The van der Waals surface area contributed by atoms with E-state index < -0.39 is 0 Å². The Kier molecular flexibility index (Phi) is 3.34. The smallest absolute Gasteiger partial charge is 0.248 e. The number of amides is 1. The number of nitrogens with one attached hydrogen (secondary N) is 1. The highest BCUT2D eigenvalue weighted by Crippen LogP contribution is 2.06. The highest BCUT2D eigenvalue weighted by atomic mass is 16.1. The Morgan fingerprint density at radius 1 is 1.64 bits per heavy atom. The molecule has 0 saturated heterocycles. The van der Waals surface area contributed by atoms with Crippen LogP contribution in [0.2, 0.25) is 0 Å². The first-order valence-corrected chi connectivity index (χ1v) is 4.43. The Morgan fingerprint density at radius 3 is 2.93 bits per heavy atom. The summed E-state index contributed by atoms with van der Waals surface area (Å²) in [6, 6.07) is 1.72. The Morgan fingerprint density at radius 2 is 2.36 bits per heavy atom. The molecule has 0 fully saturated rings. The van der Waals surface area contributed by atoms with E-state index in [0.717, 1.165) is 17.9 Å². The van der Waals surface area contributed by atoms with Crippen LogP contribution in [0.3, 0.4) is 0 Å². The van der Waals surface area contributed by atoms with Gasteiger partial charge < -0.3 is 5.32 Å². The summed E-state index contributed by atoms with van der Waals surface area (Å²) in [6.07, 6.45) is 1.96. The lowest BCUT2D eigenvalue weighted by Gasteiger charge is -2.04. The highest BCUT2D eigenvalue weighted by Gasteiger charge is 2.02. The molecule has 0 unspecified atom stereocenters. The van der Waals surface area contributed by atoms with Gasteiger partial charge in [-0.05, 0) is 13.0 Å². The van der Waals surface area contributed by atoms with Crippen molar-refractivity contribution in [2.75, 3.05) is 5.32 Å². The van der Waals surface area contributed by atoms with Gasteiger partial charge in [-0.25, -0.2) is 9.97 Å². The Hall–Kier alpha value is -1.71. The van der Waals surface area contributed by atoms with Gasteiger partial charge in [0.25, 0.3) is 0 Å². The van der Waals surface area contributed by atoms with Crippen molar-refractivity contribution in [2.45, 2.75) is 20.3 Å². The molecule has 4 nitrogen and oxygen atoms in total. The third-order valence-electron chi connectivity index (χ3n) is 1.65. The van der Waals surface area contributed by atoms with Crippen molar-refractivity contribution in [1.82, 2.24) is 9.97 Å². The minimum Gasteiger partial charge on any atom is -0.307 e. The van der Waals surface area contributed by atoms with Crippen LogP contribution in [-0.2, 0) is 11.2 Å². The first-order valence-electron chi connectivity index (χ1n) is 4.43. The largest absolute Gasteiger partial charge is 0.307 e. The molecule has 0 bridgehead atoms. The lowest BCUT2D eigenvalue weighted by Crippen LogP contribution is -2.10. The van der Waals surface area contributed by atoms with E-state index in [1.807, 2.05) is 13.8 Å². The number of aromatic nitrogens is 2. The van der Waals surface area contributed by atoms with Crippen LogP contribution in [0.4, 0.5) is 5.82 Å². The van der Waals surface area contributed by atoms with Gasteiger partial charge in [0, 0.05) is 18.2 Å². The first kappa shape index (κ1) is 10.4. The molecule has 0 aliphatic carbocycles. The Balaban J connectivity index is 2.91. The van der Waals surface area contributed by atoms with Crippen molar-refractivity contribution in [3.63, 3.8) is 0 Å². The van der Waals surface area contributed by atoms with Crippen molar-refractivity contribution in [3.8, 4) is 0 Å². The molecule has 1 aromatic rings. The lowest BCUT2D eigenvalue weighted by molar-refractivity contribution is -0.111. The molecule has 0 aromatic carbocycles. The third-order valence-corrected chi connectivity index (χ3v) is 1.65. The van der Waals surface area contributed by atoms with Crippen molar-refractivity contribution in [2.24, 2.45) is 0 Å². The molecule has 1 heterocycles. The Labute approximate surface area is 83.1 Å². The molecule has 1 aromatic heterocycles. The molecular weight excluding hydrogens is 178 g/mol. The Bertz CT molecular complexity index is 360. The average molecular weight is 191 g/mol. The van der Waals surface area contributed by atoms with E-state index in [-0.39, 0.29) is 5.91 Å². The highest BCUT2D eigenvalue weighted by molar-refractivity contribution is 5.98. The van der Waals surface area contributed by atoms with E-state index in [0.29, 0.717) is 5.82 Å². The first-order chi connectivity index (χ1) is 6.65. The SMILES string of the molecule is C=CC(=O)Nc1cc(C)nc(CC)n1. The molecular formula is C10H13N3O. The summed E-state index contributed by atoms with van der Waals surface area (Å²) < 4.78 is 0. The van der Waals surface area contributed by atoms with Gasteiger partial charge in [0.2, 0.25) is 5.91 Å². The summed E-state index contributed by atoms with van der Waals surface area (Å²) in [5.74, 6) is 0.994. The minimum atomic E-state index is -0.259. The summed E-state index contributed by atoms with van der Waals surface area (Å²) in [5, 5.41) is 2.60. The third kappa shape index (κ3) is 2.65. The summed E-state index contributed by atoms with van der Waals surface area (Å²) >= 11 is 0. The van der Waals surface area contributed by atoms with Crippen LogP contribution in [0, 0.1) is 6.92 Å². The second kappa shape index (κ2) is 4.50. The fourth-order valence-electron chi connectivity index (χ4n) is 1.03. The number of rotatable bonds is 3. The lowest BCUT2D eigenvalue weighted by atomic mass is 10.3. The van der Waals surface area contributed by atoms with Crippen LogP contribution in [0.5, 0.6) is 0 Å². The molecule has 1 amide bonds. The molecule has 0 saturated carbocycles. The topological polar surface area (TPSA) is 54.9 Å². The second-order valence-electron chi connectivity index (χ2n) is 2.86. The normalized spacial score (nSPS) is 9.57. The maximum absolute atomic E-state index is 11.0. The molecule has 74 valence electrons. The van der Waals surface area contributed by atoms with E-state index in [2.05, 4.69) is 21.9 Å². The van der Waals surface area contributed by atoms with Gasteiger partial charge in [0.1, 0.15) is 11.6 Å². The molecule has 0 atom stereocenters. The van der Waals surface area contributed by atoms with Gasteiger partial charge in [-0.15, -0.1) is 0 Å². The van der Waals surface area contributed by atoms with Gasteiger partial charge >= 0.3 is 0 Å². The number of carbonyl (C=O) groups excluding carboxylic acids is 1. The van der Waals surface area contributed by atoms with Crippen LogP contribution < -0.4 is 5.32 Å². The van der Waals surface area contributed by atoms with Crippen LogP contribution in [0.25, 0.3) is 0 Å². The van der Waals surface area contributed by atoms with Crippen LogP contribution in [-0.4, -0.2) is 15.9 Å². The molecule has 0 spiro atoms. The van der Waals surface area contributed by atoms with Crippen molar-refractivity contribution < 1.29 is 4.79 Å². The average Bonchev–Trinajstić information content (AvgIpc) is 2.16. The number of anilines is 1. The van der Waals surface area contributed by atoms with Gasteiger partial charge in [0.05, 0.1) is 0 Å². The summed E-state index contributed by atoms with van der Waals surface area (Å²) in [4.78, 5) is 19.3. The fourth-order valence-corrected chi connectivity index (χ4v) is 1.03. The monoisotopic (exact) mass is 191 g/mol. The number of carbonyl (C=O) groups is 1. The maximum atomic E-state index is 11.0. The van der Waals surface area contributed by atoms with E-state index in [4.69, 9.17) is 0 Å². The minimum absolute atomic E-state index is 0.259. The predicted molar refractivity (Wildman–Crippen MR) is 55.0 cm³/mol. The molecule has 0 radical (unpaired) electrons. The number of hydrogen-bond donors (Lipinski definition) is 1. The van der Waals surface area contributed by atoms with E-state index in [1.165, 1.54) is 6.08 Å². The van der Waals surface area contributed by atoms with Crippen molar-refractivity contribution in [1.29, 1.82) is 0 Å². The van der Waals surface area contributed by atoms with Crippen LogP contribution in [0.15, 0.2) is 18.7 Å². The van der Waals surface area contributed by atoms with E-state index >= 15 is 0 Å². The van der Waals surface area contributed by atoms with Gasteiger partial charge in [-0.2, -0.15) is 0 Å². The second-order valence-corrected chi connectivity index (χ2v) is 2.86.